The monoisotopic (exact) mass is 491 g/mol. The first-order valence-corrected chi connectivity index (χ1v) is 11.8. The van der Waals surface area contributed by atoms with Gasteiger partial charge in [-0.3, -0.25) is 15.0 Å². The van der Waals surface area contributed by atoms with E-state index in [1.54, 1.807) is 25.1 Å². The minimum atomic E-state index is -2.92. The van der Waals surface area contributed by atoms with Crippen molar-refractivity contribution in [1.82, 2.24) is 19.2 Å². The van der Waals surface area contributed by atoms with Crippen LogP contribution < -0.4 is 10.1 Å². The Morgan fingerprint density at radius 1 is 1.26 bits per heavy atom. The Hall–Kier alpha value is -2.89. The van der Waals surface area contributed by atoms with E-state index in [0.717, 1.165) is 37.7 Å². The average Bonchev–Trinajstić information content (AvgIpc) is 3.40. The summed E-state index contributed by atoms with van der Waals surface area (Å²) in [6.07, 6.45) is 0.710. The number of carbonyl (C=O) groups is 1. The van der Waals surface area contributed by atoms with Crippen molar-refractivity contribution in [2.75, 3.05) is 38.5 Å². The molecular weight excluding hydrogens is 464 g/mol. The van der Waals surface area contributed by atoms with E-state index < -0.39 is 6.61 Å². The summed E-state index contributed by atoms with van der Waals surface area (Å²) in [5.41, 5.74) is 0.856. The van der Waals surface area contributed by atoms with Crippen LogP contribution in [0.15, 0.2) is 34.7 Å². The summed E-state index contributed by atoms with van der Waals surface area (Å²) >= 11 is 1.14. The number of aromatic nitrogens is 2. The molecule has 1 aliphatic heterocycles. The van der Waals surface area contributed by atoms with Crippen molar-refractivity contribution in [2.45, 2.75) is 32.9 Å². The minimum absolute atomic E-state index is 0.0137. The van der Waals surface area contributed by atoms with Crippen LogP contribution in [-0.2, 0) is 6.42 Å². The molecule has 11 heteroatoms. The molecular formula is C23H27F2N5O3S. The highest BCUT2D eigenvalue weighted by molar-refractivity contribution is 7.09. The number of likely N-dealkylation sites (N-methyl/N-ethyl adjacent to an activating group) is 1. The minimum Gasteiger partial charge on any atom is -0.461 e. The Morgan fingerprint density at radius 3 is 2.76 bits per heavy atom. The number of alkyl halides is 2. The average molecular weight is 492 g/mol. The molecule has 1 aliphatic rings. The lowest BCUT2D eigenvalue weighted by atomic mass is 10.1. The first-order chi connectivity index (χ1) is 16.3. The van der Waals surface area contributed by atoms with E-state index >= 15 is 0 Å². The molecule has 3 heterocycles. The van der Waals surface area contributed by atoms with E-state index in [2.05, 4.69) is 43.2 Å². The van der Waals surface area contributed by atoms with E-state index in [0.29, 0.717) is 46.1 Å². The molecule has 1 N–H and O–H groups in total. The highest BCUT2D eigenvalue weighted by Gasteiger charge is 2.22. The molecule has 34 heavy (non-hydrogen) atoms. The molecule has 1 amide bonds. The van der Waals surface area contributed by atoms with Crippen molar-refractivity contribution >= 4 is 22.6 Å². The van der Waals surface area contributed by atoms with Crippen molar-refractivity contribution in [3.63, 3.8) is 0 Å². The molecule has 1 aromatic carbocycles. The lowest BCUT2D eigenvalue weighted by Crippen LogP contribution is -2.48. The second-order valence-electron chi connectivity index (χ2n) is 8.35. The normalized spacial score (nSPS) is 16.1. The predicted octanol–water partition coefficient (Wildman–Crippen LogP) is 4.14. The Morgan fingerprint density at radius 2 is 2.03 bits per heavy atom. The number of hydrogen-bond donors (Lipinski definition) is 1. The van der Waals surface area contributed by atoms with Gasteiger partial charge in [0.2, 0.25) is 5.13 Å². The fourth-order valence-electron chi connectivity index (χ4n) is 3.88. The van der Waals surface area contributed by atoms with Gasteiger partial charge in [0.05, 0.1) is 5.56 Å². The highest BCUT2D eigenvalue weighted by Crippen LogP contribution is 2.29. The predicted molar refractivity (Wildman–Crippen MR) is 126 cm³/mol. The largest absolute Gasteiger partial charge is 0.461 e. The van der Waals surface area contributed by atoms with Gasteiger partial charge in [0.25, 0.3) is 5.91 Å². The maximum Gasteiger partial charge on any atom is 0.387 e. The van der Waals surface area contributed by atoms with Gasteiger partial charge in [-0.05, 0) is 39.1 Å². The number of piperazine rings is 1. The van der Waals surface area contributed by atoms with Crippen molar-refractivity contribution < 1.29 is 22.7 Å². The van der Waals surface area contributed by atoms with Gasteiger partial charge in [-0.15, -0.1) is 0 Å². The molecule has 2 aromatic heterocycles. The third-order valence-electron chi connectivity index (χ3n) is 5.83. The third-order valence-corrected chi connectivity index (χ3v) is 6.50. The summed E-state index contributed by atoms with van der Waals surface area (Å²) < 4.78 is 39.6. The fourth-order valence-corrected chi connectivity index (χ4v) is 4.48. The quantitative estimate of drug-likeness (QED) is 0.507. The maximum atomic E-state index is 12.8. The van der Waals surface area contributed by atoms with Crippen LogP contribution in [0.4, 0.5) is 13.9 Å². The number of ether oxygens (including phenoxy) is 1. The number of hydrogen-bond acceptors (Lipinski definition) is 8. The Labute approximate surface area is 200 Å². The van der Waals surface area contributed by atoms with Crippen LogP contribution in [0.25, 0.3) is 11.3 Å². The SMILES string of the molecule is Cc1oc(-c2cccc(OC(F)F)c2)cc1C(=O)Nc1nc(CC(C)N2CCN(C)CC2)ns1. The lowest BCUT2D eigenvalue weighted by molar-refractivity contribution is -0.0498. The van der Waals surface area contributed by atoms with Crippen LogP contribution in [0, 0.1) is 6.92 Å². The van der Waals surface area contributed by atoms with E-state index in [9.17, 15) is 13.6 Å². The van der Waals surface area contributed by atoms with Crippen LogP contribution in [0.2, 0.25) is 0 Å². The summed E-state index contributed by atoms with van der Waals surface area (Å²) in [5.74, 6) is 1.12. The molecule has 1 saturated heterocycles. The van der Waals surface area contributed by atoms with Crippen molar-refractivity contribution in [3.8, 4) is 17.1 Å². The number of amides is 1. The zero-order valence-electron chi connectivity index (χ0n) is 19.3. The van der Waals surface area contributed by atoms with E-state index in [1.165, 1.54) is 12.1 Å². The molecule has 1 fully saturated rings. The number of halogens is 2. The molecule has 4 rings (SSSR count). The van der Waals surface area contributed by atoms with Gasteiger partial charge in [0.15, 0.2) is 0 Å². The Bertz CT molecular complexity index is 1130. The smallest absolute Gasteiger partial charge is 0.387 e. The Kier molecular flexibility index (Phi) is 7.54. The fraction of sp³-hybridized carbons (Fsp3) is 0.435. The van der Waals surface area contributed by atoms with E-state index in [4.69, 9.17) is 4.42 Å². The molecule has 182 valence electrons. The first-order valence-electron chi connectivity index (χ1n) is 11.0. The van der Waals surface area contributed by atoms with Gasteiger partial charge in [0.1, 0.15) is 23.1 Å². The van der Waals surface area contributed by atoms with E-state index in [1.807, 2.05) is 0 Å². The number of nitrogens with zero attached hydrogens (tertiary/aromatic N) is 4. The van der Waals surface area contributed by atoms with Crippen molar-refractivity contribution in [1.29, 1.82) is 0 Å². The lowest BCUT2D eigenvalue weighted by Gasteiger charge is -2.36. The Balaban J connectivity index is 1.39. The van der Waals surface area contributed by atoms with Crippen LogP contribution in [-0.4, -0.2) is 70.9 Å². The molecule has 3 aromatic rings. The van der Waals surface area contributed by atoms with E-state index in [-0.39, 0.29) is 11.7 Å². The number of nitrogens with one attached hydrogen (secondary N) is 1. The molecule has 0 bridgehead atoms. The summed E-state index contributed by atoms with van der Waals surface area (Å²) in [4.78, 5) is 22.1. The molecule has 0 spiro atoms. The molecule has 1 atom stereocenters. The second kappa shape index (κ2) is 10.6. The number of furan rings is 1. The van der Waals surface area contributed by atoms with Gasteiger partial charge < -0.3 is 14.1 Å². The number of carbonyl (C=O) groups excluding carboxylic acids is 1. The number of rotatable bonds is 8. The number of benzene rings is 1. The zero-order chi connectivity index (χ0) is 24.2. The molecule has 1 unspecified atom stereocenters. The van der Waals surface area contributed by atoms with Crippen LogP contribution in [0.5, 0.6) is 5.75 Å². The van der Waals surface area contributed by atoms with Crippen LogP contribution >= 0.6 is 11.5 Å². The van der Waals surface area contributed by atoms with Crippen molar-refractivity contribution in [2.24, 2.45) is 0 Å². The molecule has 0 aliphatic carbocycles. The zero-order valence-corrected chi connectivity index (χ0v) is 20.1. The summed E-state index contributed by atoms with van der Waals surface area (Å²) in [6, 6.07) is 8.02. The second-order valence-corrected chi connectivity index (χ2v) is 9.10. The molecule has 0 saturated carbocycles. The summed E-state index contributed by atoms with van der Waals surface area (Å²) in [7, 11) is 2.13. The highest BCUT2D eigenvalue weighted by atomic mass is 32.1. The third kappa shape index (κ3) is 5.96. The standard InChI is InChI=1S/C23H27F2N5O3S/c1-14(30-9-7-29(3)8-10-30)11-20-26-23(34-28-20)27-21(31)18-13-19(32-15(18)2)16-5-4-6-17(12-16)33-22(24)25/h4-6,12-14,22H,7-11H2,1-3H3,(H,26,27,28,31). The molecule has 8 nitrogen and oxygen atoms in total. The van der Waals surface area contributed by atoms with Gasteiger partial charge in [-0.1, -0.05) is 12.1 Å². The first kappa shape index (κ1) is 24.2. The maximum absolute atomic E-state index is 12.8. The van der Waals surface area contributed by atoms with Gasteiger partial charge in [-0.25, -0.2) is 4.98 Å². The van der Waals surface area contributed by atoms with Gasteiger partial charge >= 0.3 is 6.61 Å². The molecule has 0 radical (unpaired) electrons. The van der Waals surface area contributed by atoms with Crippen LogP contribution in [0.3, 0.4) is 0 Å². The van der Waals surface area contributed by atoms with Gasteiger partial charge in [-0.2, -0.15) is 13.2 Å². The van der Waals surface area contributed by atoms with Crippen LogP contribution in [0.1, 0.15) is 28.9 Å². The van der Waals surface area contributed by atoms with Gasteiger partial charge in [0, 0.05) is 55.7 Å². The summed E-state index contributed by atoms with van der Waals surface area (Å²) in [6.45, 7) is 5.05. The number of anilines is 1. The topological polar surface area (TPSA) is 83.7 Å². The summed E-state index contributed by atoms with van der Waals surface area (Å²) in [5, 5.41) is 3.20. The van der Waals surface area contributed by atoms with Crippen molar-refractivity contribution in [3.05, 3.63) is 47.5 Å². The number of aryl methyl sites for hydroxylation is 1.